The van der Waals surface area contributed by atoms with Crippen molar-refractivity contribution in [3.8, 4) is 5.75 Å². The summed E-state index contributed by atoms with van der Waals surface area (Å²) < 4.78 is 36.7. The molecule has 106 valence electrons. The van der Waals surface area contributed by atoms with E-state index >= 15 is 0 Å². The van der Waals surface area contributed by atoms with Gasteiger partial charge in [-0.15, -0.1) is 12.4 Å². The van der Waals surface area contributed by atoms with Crippen molar-refractivity contribution in [1.82, 2.24) is 5.32 Å². The summed E-state index contributed by atoms with van der Waals surface area (Å²) in [6, 6.07) is 3.31. The van der Waals surface area contributed by atoms with Gasteiger partial charge < -0.3 is 14.8 Å². The lowest BCUT2D eigenvalue weighted by Gasteiger charge is -2.32. The zero-order valence-corrected chi connectivity index (χ0v) is 11.2. The van der Waals surface area contributed by atoms with Gasteiger partial charge in [0, 0.05) is 0 Å². The first kappa shape index (κ1) is 15.5. The Morgan fingerprint density at radius 2 is 2.16 bits per heavy atom. The fourth-order valence-electron chi connectivity index (χ4n) is 1.92. The van der Waals surface area contributed by atoms with Crippen LogP contribution in [0.5, 0.6) is 5.75 Å². The molecule has 0 aromatic heterocycles. The highest BCUT2D eigenvalue weighted by molar-refractivity contribution is 5.85. The fourth-order valence-corrected chi connectivity index (χ4v) is 1.92. The van der Waals surface area contributed by atoms with Crippen molar-refractivity contribution in [2.45, 2.75) is 18.9 Å². The average Bonchev–Trinajstić information content (AvgIpc) is 2.32. The molecular formula is C12H14ClF2NO3. The predicted molar refractivity (Wildman–Crippen MR) is 67.2 cm³/mol. The number of rotatable bonds is 2. The number of cyclic esters (lactones) is 1. The van der Waals surface area contributed by atoms with Gasteiger partial charge in [0.05, 0.1) is 7.11 Å². The lowest BCUT2D eigenvalue weighted by molar-refractivity contribution is -0.104. The first-order chi connectivity index (χ1) is 8.44. The molecule has 1 amide bonds. The molecule has 1 fully saturated rings. The predicted octanol–water partition coefficient (Wildman–Crippen LogP) is 2.84. The number of alkyl carbamates (subject to hydrolysis) is 1. The van der Waals surface area contributed by atoms with E-state index in [0.717, 1.165) is 5.56 Å². The molecule has 0 bridgehead atoms. The van der Waals surface area contributed by atoms with Crippen LogP contribution >= 0.6 is 12.4 Å². The van der Waals surface area contributed by atoms with E-state index in [1.807, 2.05) is 0 Å². The minimum absolute atomic E-state index is 0. The van der Waals surface area contributed by atoms with Crippen LogP contribution in [0.3, 0.4) is 0 Å². The van der Waals surface area contributed by atoms with Crippen LogP contribution in [0.1, 0.15) is 17.2 Å². The molecule has 19 heavy (non-hydrogen) atoms. The van der Waals surface area contributed by atoms with Gasteiger partial charge in [-0.1, -0.05) is 12.1 Å². The van der Waals surface area contributed by atoms with Crippen molar-refractivity contribution < 1.29 is 23.0 Å². The van der Waals surface area contributed by atoms with Crippen LogP contribution in [0.15, 0.2) is 18.2 Å². The number of ether oxygens (including phenoxy) is 2. The number of hydrogen-bond acceptors (Lipinski definition) is 3. The summed E-state index contributed by atoms with van der Waals surface area (Å²) in [7, 11) is 1.51. The van der Waals surface area contributed by atoms with Crippen molar-refractivity contribution in [3.63, 3.8) is 0 Å². The molecule has 1 aromatic carbocycles. The molecule has 2 rings (SSSR count). The highest BCUT2D eigenvalue weighted by Crippen LogP contribution is 2.35. The number of hydrogen-bond donors (Lipinski definition) is 1. The number of carbonyl (C=O) groups is 1. The smallest absolute Gasteiger partial charge is 0.408 e. The van der Waals surface area contributed by atoms with E-state index in [2.05, 4.69) is 10.1 Å². The first-order valence-corrected chi connectivity index (χ1v) is 5.39. The van der Waals surface area contributed by atoms with E-state index < -0.39 is 24.7 Å². The maximum absolute atomic E-state index is 13.7. The van der Waals surface area contributed by atoms with Crippen LogP contribution in [0.2, 0.25) is 0 Å². The second-order valence-corrected chi connectivity index (χ2v) is 4.14. The van der Waals surface area contributed by atoms with Gasteiger partial charge in [0.25, 0.3) is 0 Å². The molecular weight excluding hydrogens is 280 g/mol. The third kappa shape index (κ3) is 3.07. The van der Waals surface area contributed by atoms with Gasteiger partial charge >= 0.3 is 12.0 Å². The van der Waals surface area contributed by atoms with Gasteiger partial charge in [0.15, 0.2) is 6.61 Å². The standard InChI is InChI=1S/C12H13F2NO3.ClH/c1-7-5-8(3-4-9(7)17-2)10-12(13,14)6-18-11(16)15-10;/h3-5,10H,6H2,1-2H3,(H,15,16);1H/t10-;/m0./s1. The minimum atomic E-state index is -3.13. The quantitative estimate of drug-likeness (QED) is 0.912. The summed E-state index contributed by atoms with van der Waals surface area (Å²) >= 11 is 0. The monoisotopic (exact) mass is 293 g/mol. The molecule has 0 saturated carbocycles. The molecule has 0 unspecified atom stereocenters. The third-order valence-corrected chi connectivity index (χ3v) is 2.83. The lowest BCUT2D eigenvalue weighted by Crippen LogP contribution is -2.49. The number of amides is 1. The van der Waals surface area contributed by atoms with Crippen molar-refractivity contribution in [1.29, 1.82) is 0 Å². The Morgan fingerprint density at radius 3 is 2.74 bits per heavy atom. The molecule has 0 aliphatic carbocycles. The molecule has 1 aliphatic rings. The molecule has 1 heterocycles. The van der Waals surface area contributed by atoms with Crippen molar-refractivity contribution in [2.24, 2.45) is 0 Å². The lowest BCUT2D eigenvalue weighted by atomic mass is 9.98. The Balaban J connectivity index is 0.00000180. The van der Waals surface area contributed by atoms with E-state index in [1.165, 1.54) is 13.2 Å². The molecule has 0 spiro atoms. The van der Waals surface area contributed by atoms with Gasteiger partial charge in [-0.25, -0.2) is 13.6 Å². The summed E-state index contributed by atoms with van der Waals surface area (Å²) in [6.45, 7) is 0.843. The maximum Gasteiger partial charge on any atom is 0.408 e. The molecule has 1 saturated heterocycles. The van der Waals surface area contributed by atoms with Crippen LogP contribution < -0.4 is 10.1 Å². The summed E-state index contributed by atoms with van der Waals surface area (Å²) in [4.78, 5) is 11.1. The number of methoxy groups -OCH3 is 1. The van der Waals surface area contributed by atoms with Gasteiger partial charge in [0.1, 0.15) is 11.8 Å². The topological polar surface area (TPSA) is 47.6 Å². The summed E-state index contributed by atoms with van der Waals surface area (Å²) in [5.74, 6) is -2.52. The second kappa shape index (κ2) is 5.61. The second-order valence-electron chi connectivity index (χ2n) is 4.14. The molecule has 1 atom stereocenters. The molecule has 4 nitrogen and oxygen atoms in total. The van der Waals surface area contributed by atoms with Gasteiger partial charge in [-0.3, -0.25) is 0 Å². The van der Waals surface area contributed by atoms with Crippen LogP contribution in [0.25, 0.3) is 0 Å². The average molecular weight is 294 g/mol. The van der Waals surface area contributed by atoms with Crippen molar-refractivity contribution in [3.05, 3.63) is 29.3 Å². The minimum Gasteiger partial charge on any atom is -0.496 e. The Morgan fingerprint density at radius 1 is 1.47 bits per heavy atom. The molecule has 1 N–H and O–H groups in total. The number of halogens is 3. The molecule has 1 aromatic rings. The fraction of sp³-hybridized carbons (Fsp3) is 0.417. The maximum atomic E-state index is 13.7. The zero-order chi connectivity index (χ0) is 13.3. The van der Waals surface area contributed by atoms with E-state index in [9.17, 15) is 13.6 Å². The Labute approximate surface area is 115 Å². The Kier molecular flexibility index (Phi) is 4.57. The highest BCUT2D eigenvalue weighted by Gasteiger charge is 2.46. The number of carbonyl (C=O) groups excluding carboxylic acids is 1. The van der Waals surface area contributed by atoms with E-state index in [-0.39, 0.29) is 12.4 Å². The summed E-state index contributed by atoms with van der Waals surface area (Å²) in [5.41, 5.74) is 1.06. The van der Waals surface area contributed by atoms with Gasteiger partial charge in [0.2, 0.25) is 0 Å². The first-order valence-electron chi connectivity index (χ1n) is 5.39. The third-order valence-electron chi connectivity index (χ3n) is 2.83. The largest absolute Gasteiger partial charge is 0.496 e. The molecule has 1 aliphatic heterocycles. The van der Waals surface area contributed by atoms with E-state index in [4.69, 9.17) is 4.74 Å². The Hall–Kier alpha value is -1.56. The van der Waals surface area contributed by atoms with Crippen LogP contribution in [0, 0.1) is 6.92 Å². The van der Waals surface area contributed by atoms with Gasteiger partial charge in [-0.2, -0.15) is 0 Å². The highest BCUT2D eigenvalue weighted by atomic mass is 35.5. The van der Waals surface area contributed by atoms with Crippen LogP contribution in [-0.4, -0.2) is 25.7 Å². The van der Waals surface area contributed by atoms with Crippen LogP contribution in [-0.2, 0) is 4.74 Å². The zero-order valence-electron chi connectivity index (χ0n) is 10.4. The van der Waals surface area contributed by atoms with Gasteiger partial charge in [-0.05, 0) is 24.1 Å². The SMILES string of the molecule is COc1ccc([C@@H]2NC(=O)OCC2(F)F)cc1C.Cl. The van der Waals surface area contributed by atoms with Crippen LogP contribution in [0.4, 0.5) is 13.6 Å². The van der Waals surface area contributed by atoms with Crippen molar-refractivity contribution >= 4 is 18.5 Å². The summed E-state index contributed by atoms with van der Waals surface area (Å²) in [6.07, 6.45) is -0.834. The molecule has 0 radical (unpaired) electrons. The molecule has 7 heteroatoms. The van der Waals surface area contributed by atoms with E-state index in [0.29, 0.717) is 11.3 Å². The number of benzene rings is 1. The normalized spacial score (nSPS) is 20.8. The Bertz CT molecular complexity index is 482. The number of aryl methyl sites for hydroxylation is 1. The van der Waals surface area contributed by atoms with E-state index in [1.54, 1.807) is 19.1 Å². The summed E-state index contributed by atoms with van der Waals surface area (Å²) in [5, 5.41) is 2.14. The van der Waals surface area contributed by atoms with Crippen molar-refractivity contribution in [2.75, 3.05) is 13.7 Å². The number of nitrogens with one attached hydrogen (secondary N) is 1. The number of alkyl halides is 2.